The van der Waals surface area contributed by atoms with Gasteiger partial charge >= 0.3 is 0 Å². The zero-order valence-electron chi connectivity index (χ0n) is 16.9. The molecule has 3 heterocycles. The molecule has 156 valence electrons. The van der Waals surface area contributed by atoms with Crippen molar-refractivity contribution in [3.05, 3.63) is 76.1 Å². The highest BCUT2D eigenvalue weighted by Gasteiger charge is 2.28. The number of aromatic nitrogens is 2. The maximum Gasteiger partial charge on any atom is 0.283 e. The van der Waals surface area contributed by atoms with Crippen LogP contribution in [-0.4, -0.2) is 47.3 Å². The summed E-state index contributed by atoms with van der Waals surface area (Å²) < 4.78 is 16.2. The number of nitrogens with zero attached hydrogens (tertiary/aromatic N) is 4. The molecule has 0 spiro atoms. The molecule has 0 amide bonds. The molecule has 0 aliphatic carbocycles. The SMILES string of the molecule is O=c1c2c(F)cccc2nc(C2CCCN2)n1N1CCN(Cc2ccccc2)CC1. The molecule has 2 aromatic carbocycles. The summed E-state index contributed by atoms with van der Waals surface area (Å²) in [6.45, 7) is 4.89. The van der Waals surface area contributed by atoms with Gasteiger partial charge in [0.2, 0.25) is 0 Å². The predicted molar refractivity (Wildman–Crippen MR) is 116 cm³/mol. The van der Waals surface area contributed by atoms with E-state index < -0.39 is 5.82 Å². The molecule has 0 radical (unpaired) electrons. The second-order valence-corrected chi connectivity index (χ2v) is 8.09. The van der Waals surface area contributed by atoms with Crippen LogP contribution in [0.2, 0.25) is 0 Å². The van der Waals surface area contributed by atoms with Gasteiger partial charge in [-0.2, -0.15) is 0 Å². The Morgan fingerprint density at radius 2 is 1.83 bits per heavy atom. The number of halogens is 1. The third-order valence-corrected chi connectivity index (χ3v) is 6.10. The summed E-state index contributed by atoms with van der Waals surface area (Å²) >= 11 is 0. The Labute approximate surface area is 174 Å². The summed E-state index contributed by atoms with van der Waals surface area (Å²) in [4.78, 5) is 20.5. The molecular weight excluding hydrogens is 381 g/mol. The Morgan fingerprint density at radius 3 is 2.57 bits per heavy atom. The van der Waals surface area contributed by atoms with Gasteiger partial charge in [0.25, 0.3) is 5.56 Å². The monoisotopic (exact) mass is 407 g/mol. The van der Waals surface area contributed by atoms with Gasteiger partial charge in [-0.25, -0.2) is 14.1 Å². The third-order valence-electron chi connectivity index (χ3n) is 6.10. The summed E-state index contributed by atoms with van der Waals surface area (Å²) in [6, 6.07) is 15.1. The second-order valence-electron chi connectivity index (χ2n) is 8.09. The van der Waals surface area contributed by atoms with Crippen molar-refractivity contribution in [2.75, 3.05) is 37.7 Å². The van der Waals surface area contributed by atoms with Crippen LogP contribution in [0.15, 0.2) is 53.3 Å². The van der Waals surface area contributed by atoms with E-state index in [4.69, 9.17) is 4.98 Å². The van der Waals surface area contributed by atoms with E-state index >= 15 is 0 Å². The van der Waals surface area contributed by atoms with Crippen molar-refractivity contribution in [1.29, 1.82) is 0 Å². The van der Waals surface area contributed by atoms with Gasteiger partial charge < -0.3 is 10.3 Å². The number of benzene rings is 2. The highest BCUT2D eigenvalue weighted by molar-refractivity contribution is 5.78. The standard InChI is InChI=1S/C23H26FN5O/c24-18-8-4-9-19-21(18)23(30)29(22(26-19)20-10-5-11-25-20)28-14-12-27(13-15-28)16-17-6-2-1-3-7-17/h1-4,6-9,20,25H,5,10-16H2. The van der Waals surface area contributed by atoms with Gasteiger partial charge in [0.15, 0.2) is 0 Å². The van der Waals surface area contributed by atoms with Crippen molar-refractivity contribution in [3.8, 4) is 0 Å². The van der Waals surface area contributed by atoms with Gasteiger partial charge in [-0.1, -0.05) is 36.4 Å². The Kier molecular flexibility index (Phi) is 5.23. The lowest BCUT2D eigenvalue weighted by atomic mass is 10.2. The van der Waals surface area contributed by atoms with Crippen LogP contribution < -0.4 is 15.9 Å². The number of piperazine rings is 1. The lowest BCUT2D eigenvalue weighted by Crippen LogP contribution is -2.55. The molecule has 1 unspecified atom stereocenters. The summed E-state index contributed by atoms with van der Waals surface area (Å²) in [7, 11) is 0. The van der Waals surface area contributed by atoms with Crippen LogP contribution in [0.4, 0.5) is 4.39 Å². The van der Waals surface area contributed by atoms with E-state index in [2.05, 4.69) is 34.5 Å². The molecule has 6 nitrogen and oxygen atoms in total. The smallest absolute Gasteiger partial charge is 0.283 e. The van der Waals surface area contributed by atoms with Crippen molar-refractivity contribution < 1.29 is 4.39 Å². The van der Waals surface area contributed by atoms with Gasteiger partial charge in [-0.15, -0.1) is 0 Å². The highest BCUT2D eigenvalue weighted by atomic mass is 19.1. The Bertz CT molecular complexity index is 1090. The number of nitrogens with one attached hydrogen (secondary N) is 1. The van der Waals surface area contributed by atoms with E-state index in [9.17, 15) is 9.18 Å². The Balaban J connectivity index is 1.46. The maximum atomic E-state index is 14.5. The quantitative estimate of drug-likeness (QED) is 0.720. The van der Waals surface area contributed by atoms with Crippen molar-refractivity contribution in [2.45, 2.75) is 25.4 Å². The first-order chi connectivity index (χ1) is 14.7. The summed E-state index contributed by atoms with van der Waals surface area (Å²) in [5, 5.41) is 5.56. The van der Waals surface area contributed by atoms with E-state index in [-0.39, 0.29) is 17.0 Å². The number of hydrogen-bond donors (Lipinski definition) is 1. The van der Waals surface area contributed by atoms with Gasteiger partial charge in [-0.3, -0.25) is 9.69 Å². The first-order valence-corrected chi connectivity index (χ1v) is 10.7. The van der Waals surface area contributed by atoms with Crippen LogP contribution >= 0.6 is 0 Å². The van der Waals surface area contributed by atoms with Crippen molar-refractivity contribution in [2.24, 2.45) is 0 Å². The molecule has 30 heavy (non-hydrogen) atoms. The fourth-order valence-corrected chi connectivity index (χ4v) is 4.54. The highest BCUT2D eigenvalue weighted by Crippen LogP contribution is 2.23. The van der Waals surface area contributed by atoms with Gasteiger partial charge in [0.05, 0.1) is 11.6 Å². The van der Waals surface area contributed by atoms with Crippen LogP contribution in [0, 0.1) is 5.82 Å². The first kappa shape index (κ1) is 19.2. The molecular formula is C23H26FN5O. The molecule has 3 aromatic rings. The fourth-order valence-electron chi connectivity index (χ4n) is 4.54. The molecule has 0 bridgehead atoms. The van der Waals surface area contributed by atoms with Crippen molar-refractivity contribution in [3.63, 3.8) is 0 Å². The fraction of sp³-hybridized carbons (Fsp3) is 0.391. The van der Waals surface area contributed by atoms with Crippen LogP contribution in [0.5, 0.6) is 0 Å². The average Bonchev–Trinajstić information content (AvgIpc) is 3.30. The van der Waals surface area contributed by atoms with Crippen LogP contribution in [0.3, 0.4) is 0 Å². The molecule has 2 saturated heterocycles. The van der Waals surface area contributed by atoms with Crippen LogP contribution in [0.1, 0.15) is 30.3 Å². The Hall–Kier alpha value is -2.77. The third kappa shape index (κ3) is 3.59. The summed E-state index contributed by atoms with van der Waals surface area (Å²) in [5.41, 5.74) is 1.41. The van der Waals surface area contributed by atoms with Crippen molar-refractivity contribution >= 4 is 10.9 Å². The molecule has 5 rings (SSSR count). The molecule has 0 saturated carbocycles. The van der Waals surface area contributed by atoms with E-state index in [1.54, 1.807) is 16.8 Å². The molecule has 1 atom stereocenters. The van der Waals surface area contributed by atoms with E-state index in [0.29, 0.717) is 24.4 Å². The summed E-state index contributed by atoms with van der Waals surface area (Å²) in [6.07, 6.45) is 1.98. The second kappa shape index (κ2) is 8.16. The molecule has 7 heteroatoms. The topological polar surface area (TPSA) is 53.4 Å². The van der Waals surface area contributed by atoms with Gasteiger partial charge in [0.1, 0.15) is 17.0 Å². The number of hydrogen-bond acceptors (Lipinski definition) is 5. The molecule has 1 N–H and O–H groups in total. The minimum atomic E-state index is -0.507. The minimum absolute atomic E-state index is 0.0210. The largest absolute Gasteiger partial charge is 0.307 e. The van der Waals surface area contributed by atoms with E-state index in [1.807, 2.05) is 11.1 Å². The molecule has 2 aliphatic rings. The lowest BCUT2D eigenvalue weighted by Gasteiger charge is -2.38. The summed E-state index contributed by atoms with van der Waals surface area (Å²) in [5.74, 6) is 0.194. The molecule has 1 aromatic heterocycles. The van der Waals surface area contributed by atoms with Crippen LogP contribution in [-0.2, 0) is 6.54 Å². The van der Waals surface area contributed by atoms with Crippen molar-refractivity contribution in [1.82, 2.24) is 19.9 Å². The maximum absolute atomic E-state index is 14.5. The van der Waals surface area contributed by atoms with Crippen LogP contribution in [0.25, 0.3) is 10.9 Å². The first-order valence-electron chi connectivity index (χ1n) is 10.7. The van der Waals surface area contributed by atoms with E-state index in [0.717, 1.165) is 39.0 Å². The minimum Gasteiger partial charge on any atom is -0.307 e. The Morgan fingerprint density at radius 1 is 1.03 bits per heavy atom. The lowest BCUT2D eigenvalue weighted by molar-refractivity contribution is 0.228. The number of fused-ring (bicyclic) bond motifs is 1. The zero-order chi connectivity index (χ0) is 20.5. The average molecular weight is 407 g/mol. The van der Waals surface area contributed by atoms with E-state index in [1.165, 1.54) is 11.6 Å². The number of rotatable bonds is 4. The predicted octanol–water partition coefficient (Wildman–Crippen LogP) is 2.41. The normalized spacial score (nSPS) is 20.2. The molecule has 2 fully saturated rings. The molecule has 2 aliphatic heterocycles. The zero-order valence-corrected chi connectivity index (χ0v) is 16.9. The van der Waals surface area contributed by atoms with Gasteiger partial charge in [0, 0.05) is 32.7 Å². The van der Waals surface area contributed by atoms with Gasteiger partial charge in [-0.05, 0) is 37.1 Å².